The summed E-state index contributed by atoms with van der Waals surface area (Å²) in [6.07, 6.45) is 7.22. The van der Waals surface area contributed by atoms with Crippen LogP contribution in [0.4, 0.5) is 0 Å². The molecule has 1 amide bonds. The van der Waals surface area contributed by atoms with Crippen LogP contribution in [0.1, 0.15) is 60.3 Å². The zero-order chi connectivity index (χ0) is 14.4. The van der Waals surface area contributed by atoms with Gasteiger partial charge < -0.3 is 4.90 Å². The molecule has 1 rings (SSSR count). The first-order valence-corrected chi connectivity index (χ1v) is 7.97. The zero-order valence-electron chi connectivity index (χ0n) is 13.4. The van der Waals surface area contributed by atoms with E-state index >= 15 is 0 Å². The van der Waals surface area contributed by atoms with Crippen LogP contribution in [0.3, 0.4) is 0 Å². The molecule has 0 aromatic rings. The highest BCUT2D eigenvalue weighted by molar-refractivity contribution is 5.81. The highest BCUT2D eigenvalue weighted by Gasteiger charge is 2.25. The van der Waals surface area contributed by atoms with Crippen LogP contribution in [0, 0.1) is 17.8 Å². The van der Waals surface area contributed by atoms with Gasteiger partial charge in [-0.25, -0.2) is 0 Å². The SMILES string of the molecule is CCN(CC)C(=O)[C@H](C)C1=CC[C@H](CC(C)C)CC1. The third-order valence-corrected chi connectivity index (χ3v) is 4.36. The Hall–Kier alpha value is -0.790. The normalized spacial score (nSPS) is 21.2. The summed E-state index contributed by atoms with van der Waals surface area (Å²) >= 11 is 0. The number of hydrogen-bond donors (Lipinski definition) is 0. The summed E-state index contributed by atoms with van der Waals surface area (Å²) in [5.41, 5.74) is 1.37. The molecular formula is C17H31NO. The van der Waals surface area contributed by atoms with E-state index in [1.807, 2.05) is 4.90 Å². The van der Waals surface area contributed by atoms with E-state index in [4.69, 9.17) is 0 Å². The lowest BCUT2D eigenvalue weighted by atomic mass is 9.80. The summed E-state index contributed by atoms with van der Waals surface area (Å²) in [5.74, 6) is 2.01. The fraction of sp³-hybridized carbons (Fsp3) is 0.824. The van der Waals surface area contributed by atoms with Crippen molar-refractivity contribution in [3.05, 3.63) is 11.6 Å². The first-order valence-electron chi connectivity index (χ1n) is 7.97. The van der Waals surface area contributed by atoms with Crippen molar-refractivity contribution in [3.63, 3.8) is 0 Å². The van der Waals surface area contributed by atoms with Crippen molar-refractivity contribution < 1.29 is 4.79 Å². The van der Waals surface area contributed by atoms with Crippen molar-refractivity contribution in [2.75, 3.05) is 13.1 Å². The highest BCUT2D eigenvalue weighted by Crippen LogP contribution is 2.32. The molecule has 2 heteroatoms. The molecular weight excluding hydrogens is 234 g/mol. The Kier molecular flexibility index (Phi) is 6.60. The van der Waals surface area contributed by atoms with Crippen molar-refractivity contribution in [1.29, 1.82) is 0 Å². The van der Waals surface area contributed by atoms with Gasteiger partial charge in [0.15, 0.2) is 0 Å². The first-order chi connectivity index (χ1) is 8.99. The van der Waals surface area contributed by atoms with Gasteiger partial charge >= 0.3 is 0 Å². The van der Waals surface area contributed by atoms with Crippen LogP contribution in [-0.4, -0.2) is 23.9 Å². The van der Waals surface area contributed by atoms with Crippen LogP contribution >= 0.6 is 0 Å². The molecule has 0 heterocycles. The molecule has 0 aliphatic heterocycles. The molecule has 2 nitrogen and oxygen atoms in total. The molecule has 0 N–H and O–H groups in total. The topological polar surface area (TPSA) is 20.3 Å². The summed E-state index contributed by atoms with van der Waals surface area (Å²) in [6, 6.07) is 0. The maximum atomic E-state index is 12.3. The average molecular weight is 265 g/mol. The first kappa shape index (κ1) is 16.3. The third-order valence-electron chi connectivity index (χ3n) is 4.36. The average Bonchev–Trinajstić information content (AvgIpc) is 2.39. The van der Waals surface area contributed by atoms with Crippen LogP contribution in [0.2, 0.25) is 0 Å². The van der Waals surface area contributed by atoms with Crippen LogP contribution in [0.5, 0.6) is 0 Å². The largest absolute Gasteiger partial charge is 0.343 e. The molecule has 0 aromatic heterocycles. The molecule has 1 aliphatic rings. The van der Waals surface area contributed by atoms with Crippen molar-refractivity contribution in [3.8, 4) is 0 Å². The second-order valence-electron chi connectivity index (χ2n) is 6.28. The highest BCUT2D eigenvalue weighted by atomic mass is 16.2. The van der Waals surface area contributed by atoms with Crippen molar-refractivity contribution in [2.24, 2.45) is 17.8 Å². The summed E-state index contributed by atoms with van der Waals surface area (Å²) < 4.78 is 0. The Labute approximate surface area is 119 Å². The van der Waals surface area contributed by atoms with Crippen molar-refractivity contribution in [1.82, 2.24) is 4.90 Å². The van der Waals surface area contributed by atoms with Gasteiger partial charge in [-0.3, -0.25) is 4.79 Å². The van der Waals surface area contributed by atoms with Crippen molar-refractivity contribution >= 4 is 5.91 Å². The lowest BCUT2D eigenvalue weighted by molar-refractivity contribution is -0.133. The second-order valence-corrected chi connectivity index (χ2v) is 6.28. The van der Waals surface area contributed by atoms with Gasteiger partial charge in [-0.1, -0.05) is 25.5 Å². The lowest BCUT2D eigenvalue weighted by Crippen LogP contribution is -2.35. The minimum atomic E-state index is 0.0832. The van der Waals surface area contributed by atoms with Gasteiger partial charge in [0.05, 0.1) is 5.92 Å². The van der Waals surface area contributed by atoms with Crippen LogP contribution < -0.4 is 0 Å². The zero-order valence-corrected chi connectivity index (χ0v) is 13.4. The van der Waals surface area contributed by atoms with E-state index in [-0.39, 0.29) is 5.92 Å². The van der Waals surface area contributed by atoms with Crippen molar-refractivity contribution in [2.45, 2.75) is 60.3 Å². The number of rotatable bonds is 6. The Morgan fingerprint density at radius 2 is 1.95 bits per heavy atom. The monoisotopic (exact) mass is 265 g/mol. The Bertz CT molecular complexity index is 315. The van der Waals surface area contributed by atoms with Crippen LogP contribution in [-0.2, 0) is 4.79 Å². The summed E-state index contributed by atoms with van der Waals surface area (Å²) in [4.78, 5) is 14.3. The van der Waals surface area contributed by atoms with Gasteiger partial charge in [-0.05, 0) is 58.3 Å². The minimum Gasteiger partial charge on any atom is -0.343 e. The van der Waals surface area contributed by atoms with E-state index in [0.29, 0.717) is 5.91 Å². The number of nitrogens with zero attached hydrogens (tertiary/aromatic N) is 1. The van der Waals surface area contributed by atoms with E-state index in [2.05, 4.69) is 40.7 Å². The molecule has 19 heavy (non-hydrogen) atoms. The third kappa shape index (κ3) is 4.67. The molecule has 1 aliphatic carbocycles. The molecule has 0 bridgehead atoms. The number of amides is 1. The second kappa shape index (κ2) is 7.72. The number of carbonyl (C=O) groups is 1. The number of allylic oxidation sites excluding steroid dienone is 1. The standard InChI is InChI=1S/C17H31NO/c1-6-18(7-2)17(19)14(5)16-10-8-15(9-11-16)12-13(3)4/h10,13-15H,6-9,11-12H2,1-5H3/t14-,15+/m1/s1. The van der Waals surface area contributed by atoms with Crippen LogP contribution in [0.15, 0.2) is 11.6 Å². The van der Waals surface area contributed by atoms with Gasteiger partial charge in [0.2, 0.25) is 5.91 Å². The predicted molar refractivity (Wildman–Crippen MR) is 82.0 cm³/mol. The molecule has 0 saturated heterocycles. The van der Waals surface area contributed by atoms with Gasteiger partial charge in [0.1, 0.15) is 0 Å². The predicted octanol–water partition coefficient (Wildman–Crippen LogP) is 4.26. The van der Waals surface area contributed by atoms with Crippen LogP contribution in [0.25, 0.3) is 0 Å². The van der Waals surface area contributed by atoms with E-state index < -0.39 is 0 Å². The Balaban J connectivity index is 2.57. The van der Waals surface area contributed by atoms with E-state index in [0.717, 1.165) is 31.3 Å². The van der Waals surface area contributed by atoms with E-state index in [1.54, 1.807) is 0 Å². The van der Waals surface area contributed by atoms with E-state index in [9.17, 15) is 4.79 Å². The number of hydrogen-bond acceptors (Lipinski definition) is 1. The molecule has 0 aromatic carbocycles. The smallest absolute Gasteiger partial charge is 0.229 e. The fourth-order valence-electron chi connectivity index (χ4n) is 3.15. The molecule has 0 saturated carbocycles. The molecule has 0 radical (unpaired) electrons. The molecule has 110 valence electrons. The molecule has 2 atom stereocenters. The molecule has 0 unspecified atom stereocenters. The van der Waals surface area contributed by atoms with Gasteiger partial charge in [-0.15, -0.1) is 0 Å². The quantitative estimate of drug-likeness (QED) is 0.657. The maximum absolute atomic E-state index is 12.3. The summed E-state index contributed by atoms with van der Waals surface area (Å²) in [6.45, 7) is 12.4. The van der Waals surface area contributed by atoms with Gasteiger partial charge in [0.25, 0.3) is 0 Å². The molecule has 0 fully saturated rings. The summed E-state index contributed by atoms with van der Waals surface area (Å²) in [5, 5.41) is 0. The fourth-order valence-corrected chi connectivity index (χ4v) is 3.15. The minimum absolute atomic E-state index is 0.0832. The van der Waals surface area contributed by atoms with Gasteiger partial charge in [0, 0.05) is 13.1 Å². The molecule has 0 spiro atoms. The number of carbonyl (C=O) groups excluding carboxylic acids is 1. The lowest BCUT2D eigenvalue weighted by Gasteiger charge is -2.29. The Morgan fingerprint density at radius 1 is 1.32 bits per heavy atom. The maximum Gasteiger partial charge on any atom is 0.229 e. The van der Waals surface area contributed by atoms with E-state index in [1.165, 1.54) is 24.8 Å². The Morgan fingerprint density at radius 3 is 2.37 bits per heavy atom. The summed E-state index contributed by atoms with van der Waals surface area (Å²) in [7, 11) is 0. The van der Waals surface area contributed by atoms with Gasteiger partial charge in [-0.2, -0.15) is 0 Å².